The summed E-state index contributed by atoms with van der Waals surface area (Å²) in [6.07, 6.45) is 1.54. The molecule has 17 heavy (non-hydrogen) atoms. The number of fused-ring (bicyclic) bond motifs is 1. The van der Waals surface area contributed by atoms with Crippen LogP contribution in [-0.4, -0.2) is 24.5 Å². The van der Waals surface area contributed by atoms with Crippen molar-refractivity contribution < 1.29 is 9.90 Å². The van der Waals surface area contributed by atoms with Crippen LogP contribution >= 0.6 is 0 Å². The van der Waals surface area contributed by atoms with Crippen LogP contribution in [0.1, 0.15) is 19.4 Å². The predicted molar refractivity (Wildman–Crippen MR) is 68.0 cm³/mol. The molecule has 1 aromatic rings. The highest BCUT2D eigenvalue weighted by molar-refractivity contribution is 5.93. The molecule has 0 radical (unpaired) electrons. The number of nitrogens with zero attached hydrogens (tertiary/aromatic N) is 1. The minimum Gasteiger partial charge on any atom is -0.388 e. The van der Waals surface area contributed by atoms with E-state index in [1.54, 1.807) is 6.08 Å². The Bertz CT molecular complexity index is 489. The second kappa shape index (κ2) is 4.00. The van der Waals surface area contributed by atoms with Gasteiger partial charge in [0, 0.05) is 29.9 Å². The lowest BCUT2D eigenvalue weighted by Gasteiger charge is -2.23. The number of hydrogen-bond donors (Lipinski definition) is 1. The summed E-state index contributed by atoms with van der Waals surface area (Å²) in [5.41, 5.74) is 3.06. The summed E-state index contributed by atoms with van der Waals surface area (Å²) in [5.74, 6) is -0.257. The van der Waals surface area contributed by atoms with E-state index in [0.29, 0.717) is 0 Å². The van der Waals surface area contributed by atoms with Gasteiger partial charge in [0.25, 0.3) is 0 Å². The minimum atomic E-state index is -0.441. The topological polar surface area (TPSA) is 40.5 Å². The van der Waals surface area contributed by atoms with Crippen molar-refractivity contribution >= 4 is 11.5 Å². The van der Waals surface area contributed by atoms with Gasteiger partial charge in [0.15, 0.2) is 5.78 Å². The van der Waals surface area contributed by atoms with Gasteiger partial charge in [-0.05, 0) is 11.6 Å². The summed E-state index contributed by atoms with van der Waals surface area (Å²) in [6, 6.07) is 8.12. The number of allylic oxidation sites excluding steroid dienone is 1. The first-order chi connectivity index (χ1) is 7.98. The summed E-state index contributed by atoms with van der Waals surface area (Å²) in [4.78, 5) is 13.4. The molecule has 0 bridgehead atoms. The Kier molecular flexibility index (Phi) is 2.79. The van der Waals surface area contributed by atoms with Gasteiger partial charge >= 0.3 is 0 Å². The molecule has 1 aromatic carbocycles. The molecule has 0 fully saturated rings. The van der Waals surface area contributed by atoms with Crippen molar-refractivity contribution in [3.8, 4) is 0 Å². The summed E-state index contributed by atoms with van der Waals surface area (Å²) >= 11 is 0. The number of anilines is 1. The maximum absolute atomic E-state index is 11.4. The van der Waals surface area contributed by atoms with E-state index >= 15 is 0 Å². The molecule has 0 saturated carbocycles. The third-order valence-electron chi connectivity index (χ3n) is 3.39. The molecule has 0 amide bonds. The van der Waals surface area contributed by atoms with Crippen LogP contribution in [0.25, 0.3) is 0 Å². The number of ketones is 1. The number of aliphatic hydroxyl groups excluding tert-OH is 1. The van der Waals surface area contributed by atoms with Crippen LogP contribution in [0.3, 0.4) is 0 Å². The minimum absolute atomic E-state index is 0.198. The van der Waals surface area contributed by atoms with E-state index in [2.05, 4.69) is 19.9 Å². The SMILES string of the molecule is CN1C(=CC(=O)CO)C(C)(C)c2ccccc21. The van der Waals surface area contributed by atoms with Crippen LogP contribution in [0.15, 0.2) is 36.0 Å². The van der Waals surface area contributed by atoms with Gasteiger partial charge in [0.1, 0.15) is 6.61 Å². The van der Waals surface area contributed by atoms with Gasteiger partial charge < -0.3 is 10.0 Å². The zero-order chi connectivity index (χ0) is 12.6. The predicted octanol–water partition coefficient (Wildman–Crippen LogP) is 1.86. The van der Waals surface area contributed by atoms with Crippen molar-refractivity contribution in [1.29, 1.82) is 0 Å². The van der Waals surface area contributed by atoms with Gasteiger partial charge in [-0.15, -0.1) is 0 Å². The highest BCUT2D eigenvalue weighted by atomic mass is 16.3. The third kappa shape index (κ3) is 1.76. The summed E-state index contributed by atoms with van der Waals surface area (Å²) in [5, 5.41) is 8.86. The zero-order valence-corrected chi connectivity index (χ0v) is 10.4. The number of carbonyl (C=O) groups excluding carboxylic acids is 1. The summed E-state index contributed by atoms with van der Waals surface area (Å²) in [7, 11) is 1.95. The summed E-state index contributed by atoms with van der Waals surface area (Å²) in [6.45, 7) is 3.74. The number of aliphatic hydroxyl groups is 1. The first kappa shape index (κ1) is 11.9. The van der Waals surface area contributed by atoms with Crippen LogP contribution in [0, 0.1) is 0 Å². The van der Waals surface area contributed by atoms with Gasteiger partial charge in [0.05, 0.1) is 0 Å². The van der Waals surface area contributed by atoms with Gasteiger partial charge in [-0.25, -0.2) is 0 Å². The number of benzene rings is 1. The molecule has 1 aliphatic rings. The number of carbonyl (C=O) groups is 1. The molecule has 3 nitrogen and oxygen atoms in total. The van der Waals surface area contributed by atoms with Crippen LogP contribution in [0.5, 0.6) is 0 Å². The maximum atomic E-state index is 11.4. The van der Waals surface area contributed by atoms with Crippen molar-refractivity contribution in [2.24, 2.45) is 0 Å². The van der Waals surface area contributed by atoms with Crippen LogP contribution in [0.4, 0.5) is 5.69 Å². The van der Waals surface area contributed by atoms with Gasteiger partial charge in [0.2, 0.25) is 0 Å². The van der Waals surface area contributed by atoms with Crippen molar-refractivity contribution in [2.75, 3.05) is 18.6 Å². The van der Waals surface area contributed by atoms with E-state index in [0.717, 1.165) is 11.4 Å². The van der Waals surface area contributed by atoms with E-state index in [9.17, 15) is 4.79 Å². The van der Waals surface area contributed by atoms with Gasteiger partial charge in [-0.1, -0.05) is 32.0 Å². The lowest BCUT2D eigenvalue weighted by atomic mass is 9.83. The molecule has 1 N–H and O–H groups in total. The molecule has 3 heteroatoms. The number of rotatable bonds is 2. The molecule has 0 saturated heterocycles. The third-order valence-corrected chi connectivity index (χ3v) is 3.39. The Morgan fingerprint density at radius 2 is 2.06 bits per heavy atom. The van der Waals surface area contributed by atoms with E-state index in [1.807, 2.05) is 30.1 Å². The van der Waals surface area contributed by atoms with Crippen molar-refractivity contribution in [3.63, 3.8) is 0 Å². The second-order valence-corrected chi connectivity index (χ2v) is 4.86. The molecule has 90 valence electrons. The van der Waals surface area contributed by atoms with Crippen LogP contribution in [-0.2, 0) is 10.2 Å². The molecule has 1 heterocycles. The fourth-order valence-corrected chi connectivity index (χ4v) is 2.46. The van der Waals surface area contributed by atoms with E-state index in [4.69, 9.17) is 5.11 Å². The molecule has 0 atom stereocenters. The van der Waals surface area contributed by atoms with E-state index < -0.39 is 6.61 Å². The Morgan fingerprint density at radius 3 is 2.65 bits per heavy atom. The fraction of sp³-hybridized carbons (Fsp3) is 0.357. The Hall–Kier alpha value is -1.61. The van der Waals surface area contributed by atoms with Crippen LogP contribution in [0.2, 0.25) is 0 Å². The van der Waals surface area contributed by atoms with Crippen molar-refractivity contribution in [3.05, 3.63) is 41.6 Å². The fourth-order valence-electron chi connectivity index (χ4n) is 2.46. The zero-order valence-electron chi connectivity index (χ0n) is 10.4. The van der Waals surface area contributed by atoms with Gasteiger partial charge in [-0.3, -0.25) is 4.79 Å². The maximum Gasteiger partial charge on any atom is 0.182 e. The first-order valence-corrected chi connectivity index (χ1v) is 5.67. The average molecular weight is 231 g/mol. The van der Waals surface area contributed by atoms with E-state index in [1.165, 1.54) is 5.56 Å². The smallest absolute Gasteiger partial charge is 0.182 e. The molecular weight excluding hydrogens is 214 g/mol. The Labute approximate surface area is 101 Å². The van der Waals surface area contributed by atoms with Crippen molar-refractivity contribution in [2.45, 2.75) is 19.3 Å². The lowest BCUT2D eigenvalue weighted by Crippen LogP contribution is -2.24. The highest BCUT2D eigenvalue weighted by Gasteiger charge is 2.38. The monoisotopic (exact) mass is 231 g/mol. The molecular formula is C14H17NO2. The first-order valence-electron chi connectivity index (χ1n) is 5.67. The average Bonchev–Trinajstić information content (AvgIpc) is 2.51. The Morgan fingerprint density at radius 1 is 1.41 bits per heavy atom. The number of hydrogen-bond acceptors (Lipinski definition) is 3. The molecule has 0 aliphatic carbocycles. The highest BCUT2D eigenvalue weighted by Crippen LogP contribution is 2.46. The van der Waals surface area contributed by atoms with Crippen molar-refractivity contribution in [1.82, 2.24) is 0 Å². The largest absolute Gasteiger partial charge is 0.388 e. The standard InChI is InChI=1S/C14H17NO2/c1-14(2)11-6-4-5-7-12(11)15(3)13(14)8-10(17)9-16/h4-8,16H,9H2,1-3H3. The lowest BCUT2D eigenvalue weighted by molar-refractivity contribution is -0.117. The van der Waals surface area contributed by atoms with Crippen LogP contribution < -0.4 is 4.90 Å². The molecule has 2 rings (SSSR count). The Balaban J connectivity index is 2.54. The van der Waals surface area contributed by atoms with E-state index in [-0.39, 0.29) is 11.2 Å². The number of para-hydroxylation sites is 1. The number of likely N-dealkylation sites (N-methyl/N-ethyl adjacent to an activating group) is 1. The quantitative estimate of drug-likeness (QED) is 0.790. The molecule has 0 spiro atoms. The normalized spacial score (nSPS) is 19.5. The molecule has 1 aliphatic heterocycles. The molecule has 0 aromatic heterocycles. The summed E-state index contributed by atoms with van der Waals surface area (Å²) < 4.78 is 0. The van der Waals surface area contributed by atoms with Gasteiger partial charge in [-0.2, -0.15) is 0 Å². The molecule has 0 unspecified atom stereocenters. The second-order valence-electron chi connectivity index (χ2n) is 4.86.